The Morgan fingerprint density at radius 2 is 1.84 bits per heavy atom. The molecule has 3 heteroatoms. The molecule has 2 nitrogen and oxygen atoms in total. The first-order valence-electron chi connectivity index (χ1n) is 7.28. The van der Waals surface area contributed by atoms with Gasteiger partial charge >= 0.3 is 0 Å². The first-order chi connectivity index (χ1) is 9.19. The van der Waals surface area contributed by atoms with Crippen molar-refractivity contribution in [3.05, 3.63) is 29.6 Å². The van der Waals surface area contributed by atoms with E-state index in [0.29, 0.717) is 11.8 Å². The van der Waals surface area contributed by atoms with Crippen molar-refractivity contribution >= 4 is 0 Å². The summed E-state index contributed by atoms with van der Waals surface area (Å²) in [6.45, 7) is 2.06. The molecule has 0 spiro atoms. The van der Waals surface area contributed by atoms with Gasteiger partial charge in [-0.05, 0) is 50.5 Å². The number of ether oxygens (including phenoxy) is 1. The summed E-state index contributed by atoms with van der Waals surface area (Å²) < 4.78 is 19.1. The monoisotopic (exact) mass is 263 g/mol. The zero-order valence-electron chi connectivity index (χ0n) is 11.7. The number of hydrogen-bond acceptors (Lipinski definition) is 2. The summed E-state index contributed by atoms with van der Waals surface area (Å²) in [6.07, 6.45) is 5.36. The van der Waals surface area contributed by atoms with E-state index in [1.165, 1.54) is 31.7 Å². The third-order valence-electron chi connectivity index (χ3n) is 4.38. The lowest BCUT2D eigenvalue weighted by atomic mass is 10.0. The molecule has 104 valence electrons. The Bertz CT molecular complexity index is 442. The van der Waals surface area contributed by atoms with Crippen LogP contribution in [0, 0.1) is 17.7 Å². The van der Waals surface area contributed by atoms with Gasteiger partial charge in [-0.3, -0.25) is 0 Å². The Kier molecular flexibility index (Phi) is 3.48. The smallest absolute Gasteiger partial charge is 0.131 e. The van der Waals surface area contributed by atoms with Gasteiger partial charge in [-0.1, -0.05) is 6.07 Å². The van der Waals surface area contributed by atoms with Gasteiger partial charge in [-0.2, -0.15) is 0 Å². The van der Waals surface area contributed by atoms with Gasteiger partial charge in [-0.15, -0.1) is 0 Å². The Morgan fingerprint density at radius 1 is 1.21 bits per heavy atom. The molecule has 1 unspecified atom stereocenters. The quantitative estimate of drug-likeness (QED) is 0.845. The lowest BCUT2D eigenvalue weighted by Crippen LogP contribution is -2.35. The topological polar surface area (TPSA) is 21.3 Å². The summed E-state index contributed by atoms with van der Waals surface area (Å²) in [7, 11) is 1.56. The van der Waals surface area contributed by atoms with Crippen LogP contribution in [0.15, 0.2) is 18.2 Å². The molecule has 1 aromatic rings. The predicted molar refractivity (Wildman–Crippen MR) is 73.7 cm³/mol. The number of rotatable bonds is 6. The summed E-state index contributed by atoms with van der Waals surface area (Å²) >= 11 is 0. The fourth-order valence-corrected chi connectivity index (χ4v) is 2.93. The van der Waals surface area contributed by atoms with E-state index < -0.39 is 0 Å². The van der Waals surface area contributed by atoms with Gasteiger partial charge in [0.05, 0.1) is 7.11 Å². The number of nitrogens with one attached hydrogen (secondary N) is 1. The highest BCUT2D eigenvalue weighted by molar-refractivity contribution is 5.30. The molecule has 0 heterocycles. The van der Waals surface area contributed by atoms with Crippen LogP contribution in [-0.2, 0) is 0 Å². The van der Waals surface area contributed by atoms with E-state index in [-0.39, 0.29) is 11.9 Å². The van der Waals surface area contributed by atoms with Crippen molar-refractivity contribution in [3.63, 3.8) is 0 Å². The maximum absolute atomic E-state index is 14.1. The molecule has 0 amide bonds. The van der Waals surface area contributed by atoms with Crippen LogP contribution >= 0.6 is 0 Å². The van der Waals surface area contributed by atoms with Crippen molar-refractivity contribution in [1.29, 1.82) is 0 Å². The normalized spacial score (nSPS) is 20.6. The molecule has 0 bridgehead atoms. The third kappa shape index (κ3) is 2.92. The van der Waals surface area contributed by atoms with Gasteiger partial charge in [0, 0.05) is 23.7 Å². The molecule has 1 N–H and O–H groups in total. The predicted octanol–water partition coefficient (Wildman–Crippen LogP) is 3.67. The minimum absolute atomic E-state index is 0.0668. The van der Waals surface area contributed by atoms with E-state index in [2.05, 4.69) is 12.2 Å². The zero-order chi connectivity index (χ0) is 13.4. The van der Waals surface area contributed by atoms with E-state index in [0.717, 1.165) is 17.4 Å². The minimum atomic E-state index is -0.176. The molecule has 2 aliphatic rings. The van der Waals surface area contributed by atoms with Crippen LogP contribution in [0.5, 0.6) is 5.75 Å². The highest BCUT2D eigenvalue weighted by Gasteiger charge is 2.41. The average molecular weight is 263 g/mol. The Balaban J connectivity index is 1.70. The lowest BCUT2D eigenvalue weighted by molar-refractivity contribution is 0.370. The molecule has 2 saturated carbocycles. The SMILES string of the molecule is COc1ccc(C(C)NC(C2CC2)C2CC2)c(F)c1. The van der Waals surface area contributed by atoms with E-state index in [1.807, 2.05) is 12.1 Å². The molecule has 0 radical (unpaired) electrons. The molecular formula is C16H22FNO. The highest BCUT2D eigenvalue weighted by Crippen LogP contribution is 2.45. The summed E-state index contributed by atoms with van der Waals surface area (Å²) in [6, 6.07) is 5.80. The maximum Gasteiger partial charge on any atom is 0.131 e. The van der Waals surface area contributed by atoms with Gasteiger partial charge in [0.2, 0.25) is 0 Å². The number of methoxy groups -OCH3 is 1. The van der Waals surface area contributed by atoms with Crippen molar-refractivity contribution in [2.24, 2.45) is 11.8 Å². The summed E-state index contributed by atoms with van der Waals surface area (Å²) in [5, 5.41) is 3.65. The van der Waals surface area contributed by atoms with E-state index >= 15 is 0 Å². The first-order valence-corrected chi connectivity index (χ1v) is 7.28. The van der Waals surface area contributed by atoms with Gasteiger partial charge in [0.15, 0.2) is 0 Å². The van der Waals surface area contributed by atoms with Crippen LogP contribution in [0.3, 0.4) is 0 Å². The van der Waals surface area contributed by atoms with Gasteiger partial charge in [0.25, 0.3) is 0 Å². The molecule has 2 fully saturated rings. The number of hydrogen-bond donors (Lipinski definition) is 1. The molecule has 3 rings (SSSR count). The first kappa shape index (κ1) is 12.9. The van der Waals surface area contributed by atoms with Gasteiger partial charge in [0.1, 0.15) is 11.6 Å². The molecule has 0 saturated heterocycles. The maximum atomic E-state index is 14.1. The van der Waals surface area contributed by atoms with Gasteiger partial charge < -0.3 is 10.1 Å². The van der Waals surface area contributed by atoms with Crippen molar-refractivity contribution in [2.45, 2.75) is 44.7 Å². The fourth-order valence-electron chi connectivity index (χ4n) is 2.93. The molecule has 1 aromatic carbocycles. The van der Waals surface area contributed by atoms with Crippen molar-refractivity contribution in [2.75, 3.05) is 7.11 Å². The van der Waals surface area contributed by atoms with Crippen molar-refractivity contribution in [1.82, 2.24) is 5.32 Å². The second-order valence-electron chi connectivity index (χ2n) is 5.98. The number of halogens is 1. The van der Waals surface area contributed by atoms with E-state index in [9.17, 15) is 4.39 Å². The minimum Gasteiger partial charge on any atom is -0.497 e. The second kappa shape index (κ2) is 5.12. The Morgan fingerprint density at radius 3 is 2.32 bits per heavy atom. The van der Waals surface area contributed by atoms with Crippen LogP contribution in [0.25, 0.3) is 0 Å². The summed E-state index contributed by atoms with van der Waals surface area (Å²) in [5.74, 6) is 2.06. The van der Waals surface area contributed by atoms with Gasteiger partial charge in [-0.25, -0.2) is 4.39 Å². The second-order valence-corrected chi connectivity index (χ2v) is 5.98. The average Bonchev–Trinajstić information content (AvgIpc) is 3.28. The summed E-state index contributed by atoms with van der Waals surface area (Å²) in [4.78, 5) is 0. The molecule has 19 heavy (non-hydrogen) atoms. The molecule has 0 aromatic heterocycles. The van der Waals surface area contributed by atoms with Crippen LogP contribution in [0.4, 0.5) is 4.39 Å². The van der Waals surface area contributed by atoms with Crippen LogP contribution < -0.4 is 10.1 Å². The summed E-state index contributed by atoms with van der Waals surface area (Å²) in [5.41, 5.74) is 0.743. The molecular weight excluding hydrogens is 241 g/mol. The van der Waals surface area contributed by atoms with Crippen LogP contribution in [-0.4, -0.2) is 13.2 Å². The lowest BCUT2D eigenvalue weighted by Gasteiger charge is -2.24. The van der Waals surface area contributed by atoms with Crippen LogP contribution in [0.1, 0.15) is 44.2 Å². The third-order valence-corrected chi connectivity index (χ3v) is 4.38. The van der Waals surface area contributed by atoms with Crippen molar-refractivity contribution in [3.8, 4) is 5.75 Å². The van der Waals surface area contributed by atoms with E-state index in [4.69, 9.17) is 4.74 Å². The largest absolute Gasteiger partial charge is 0.497 e. The standard InChI is InChI=1S/C16H22FNO/c1-10(14-8-7-13(19-2)9-15(14)17)18-16(11-3-4-11)12-5-6-12/h7-12,16,18H,3-6H2,1-2H3. The van der Waals surface area contributed by atoms with Crippen molar-refractivity contribution < 1.29 is 9.13 Å². The number of benzene rings is 1. The van der Waals surface area contributed by atoms with E-state index in [1.54, 1.807) is 7.11 Å². The molecule has 1 atom stereocenters. The Labute approximate surface area is 114 Å². The molecule has 2 aliphatic carbocycles. The zero-order valence-corrected chi connectivity index (χ0v) is 11.7. The molecule has 0 aliphatic heterocycles. The van der Waals surface area contributed by atoms with Crippen LogP contribution in [0.2, 0.25) is 0 Å². The Hall–Kier alpha value is -1.09. The highest BCUT2D eigenvalue weighted by atomic mass is 19.1. The fraction of sp³-hybridized carbons (Fsp3) is 0.625.